The van der Waals surface area contributed by atoms with E-state index in [0.717, 1.165) is 35.5 Å². The predicted molar refractivity (Wildman–Crippen MR) is 136 cm³/mol. The first-order chi connectivity index (χ1) is 14.0. The van der Waals surface area contributed by atoms with Crippen molar-refractivity contribution in [1.82, 2.24) is 10.6 Å². The molecule has 1 saturated heterocycles. The second-order valence-electron chi connectivity index (χ2n) is 7.71. The summed E-state index contributed by atoms with van der Waals surface area (Å²) in [4.78, 5) is 4.66. The molecule has 5 nitrogen and oxygen atoms in total. The molecule has 2 heterocycles. The van der Waals surface area contributed by atoms with Crippen LogP contribution in [0.5, 0.6) is 0 Å². The van der Waals surface area contributed by atoms with Crippen molar-refractivity contribution >= 4 is 52.9 Å². The predicted octanol–water partition coefficient (Wildman–Crippen LogP) is 4.53. The quantitative estimate of drug-likeness (QED) is 0.263. The molecule has 0 saturated carbocycles. The van der Waals surface area contributed by atoms with Crippen LogP contribution in [0.25, 0.3) is 0 Å². The summed E-state index contributed by atoms with van der Waals surface area (Å²) in [5, 5.41) is 22.3. The number of hydrogen-bond acceptors (Lipinski definition) is 4. The van der Waals surface area contributed by atoms with Gasteiger partial charge in [-0.15, -0.1) is 24.0 Å². The summed E-state index contributed by atoms with van der Waals surface area (Å²) in [5.41, 5.74) is 0.932. The third-order valence-electron chi connectivity index (χ3n) is 5.52. The number of rotatable bonds is 7. The second-order valence-corrected chi connectivity index (χ2v) is 8.89. The number of hydrogen-bond donors (Lipinski definition) is 3. The number of nitrogens with one attached hydrogen (secondary N) is 2. The first-order valence-electron chi connectivity index (χ1n) is 10.1. The van der Waals surface area contributed by atoms with Crippen LogP contribution < -0.4 is 10.6 Å². The highest BCUT2D eigenvalue weighted by molar-refractivity contribution is 14.0. The van der Waals surface area contributed by atoms with Crippen LogP contribution in [0.4, 0.5) is 0 Å². The molecule has 0 radical (unpaired) electrons. The molecule has 8 heteroatoms. The molecule has 1 fully saturated rings. The summed E-state index contributed by atoms with van der Waals surface area (Å²) in [5.74, 6) is 0.695. The molecule has 0 aliphatic carbocycles. The smallest absolute Gasteiger partial charge is 0.191 e. The SMILES string of the molecule is CCNC(=NCC(C)(O)c1ccsc1)NCC1(c2ccccc2Cl)CCOCC1.I. The molecule has 30 heavy (non-hydrogen) atoms. The molecule has 0 amide bonds. The van der Waals surface area contributed by atoms with E-state index in [1.165, 1.54) is 0 Å². The average molecular weight is 564 g/mol. The summed E-state index contributed by atoms with van der Waals surface area (Å²) in [6.45, 7) is 6.99. The van der Waals surface area contributed by atoms with Crippen LogP contribution in [0.3, 0.4) is 0 Å². The minimum absolute atomic E-state index is 0. The maximum atomic E-state index is 10.8. The topological polar surface area (TPSA) is 65.9 Å². The van der Waals surface area contributed by atoms with Crippen molar-refractivity contribution in [3.05, 3.63) is 57.2 Å². The maximum absolute atomic E-state index is 10.8. The Balaban J connectivity index is 0.00000320. The molecule has 1 aliphatic rings. The molecule has 0 bridgehead atoms. The number of nitrogens with zero attached hydrogens (tertiary/aromatic N) is 1. The largest absolute Gasteiger partial charge is 0.383 e. The third kappa shape index (κ3) is 6.32. The Hall–Kier alpha value is -0.870. The fourth-order valence-corrected chi connectivity index (χ4v) is 4.80. The lowest BCUT2D eigenvalue weighted by molar-refractivity contribution is 0.0513. The van der Waals surface area contributed by atoms with Gasteiger partial charge in [0.15, 0.2) is 5.96 Å². The zero-order chi connectivity index (χ0) is 20.7. The highest BCUT2D eigenvalue weighted by Crippen LogP contribution is 2.38. The van der Waals surface area contributed by atoms with E-state index in [-0.39, 0.29) is 35.9 Å². The molecule has 1 aromatic carbocycles. The molecule has 2 aromatic rings. The number of guanidine groups is 1. The Morgan fingerprint density at radius 2 is 2.00 bits per heavy atom. The van der Waals surface area contributed by atoms with Crippen molar-refractivity contribution in [2.75, 3.05) is 32.8 Å². The number of ether oxygens (including phenoxy) is 1. The van der Waals surface area contributed by atoms with E-state index in [2.05, 4.69) is 21.7 Å². The van der Waals surface area contributed by atoms with Gasteiger partial charge in [0, 0.05) is 36.7 Å². The minimum atomic E-state index is -0.999. The maximum Gasteiger partial charge on any atom is 0.191 e. The van der Waals surface area contributed by atoms with E-state index in [4.69, 9.17) is 16.3 Å². The number of aliphatic imine (C=N–C) groups is 1. The van der Waals surface area contributed by atoms with E-state index in [0.29, 0.717) is 25.7 Å². The summed E-state index contributed by atoms with van der Waals surface area (Å²) in [6.07, 6.45) is 1.80. The zero-order valence-electron chi connectivity index (χ0n) is 17.5. The van der Waals surface area contributed by atoms with Crippen LogP contribution in [0.1, 0.15) is 37.8 Å². The zero-order valence-corrected chi connectivity index (χ0v) is 21.4. The van der Waals surface area contributed by atoms with Crippen molar-refractivity contribution in [2.45, 2.75) is 37.7 Å². The van der Waals surface area contributed by atoms with Gasteiger partial charge in [0.1, 0.15) is 5.60 Å². The van der Waals surface area contributed by atoms with Gasteiger partial charge in [0.2, 0.25) is 0 Å². The van der Waals surface area contributed by atoms with Gasteiger partial charge < -0.3 is 20.5 Å². The molecule has 3 rings (SSSR count). The summed E-state index contributed by atoms with van der Waals surface area (Å²) in [6, 6.07) is 10.0. The lowest BCUT2D eigenvalue weighted by Crippen LogP contribution is -2.48. The normalized spacial score (nSPS) is 18.2. The standard InChI is InChI=1S/C22H30ClN3O2S.HI/c1-3-24-20(25-15-21(2,27)17-8-13-29-14-17)26-16-22(9-11-28-12-10-22)18-6-4-5-7-19(18)23;/h4-8,13-14,27H,3,9-12,15-16H2,1-2H3,(H2,24,25,26);1H. The van der Waals surface area contributed by atoms with Gasteiger partial charge >= 0.3 is 0 Å². The first-order valence-corrected chi connectivity index (χ1v) is 11.4. The van der Waals surface area contributed by atoms with Crippen molar-refractivity contribution < 1.29 is 9.84 Å². The molecule has 1 atom stereocenters. The summed E-state index contributed by atoms with van der Waals surface area (Å²) >= 11 is 8.13. The van der Waals surface area contributed by atoms with Crippen molar-refractivity contribution in [2.24, 2.45) is 4.99 Å². The molecular weight excluding hydrogens is 533 g/mol. The fourth-order valence-electron chi connectivity index (χ4n) is 3.68. The molecule has 0 spiro atoms. The van der Waals surface area contributed by atoms with Crippen LogP contribution >= 0.6 is 46.9 Å². The van der Waals surface area contributed by atoms with Crippen LogP contribution in [-0.4, -0.2) is 43.9 Å². The summed E-state index contributed by atoms with van der Waals surface area (Å²) < 4.78 is 5.63. The third-order valence-corrected chi connectivity index (χ3v) is 6.53. The summed E-state index contributed by atoms with van der Waals surface area (Å²) in [7, 11) is 0. The Morgan fingerprint density at radius 3 is 2.63 bits per heavy atom. The lowest BCUT2D eigenvalue weighted by Gasteiger charge is -2.39. The van der Waals surface area contributed by atoms with Gasteiger partial charge in [-0.25, -0.2) is 4.99 Å². The van der Waals surface area contributed by atoms with E-state index < -0.39 is 5.60 Å². The van der Waals surface area contributed by atoms with Crippen LogP contribution in [0, 0.1) is 0 Å². The van der Waals surface area contributed by atoms with Crippen LogP contribution in [-0.2, 0) is 15.8 Å². The van der Waals surface area contributed by atoms with Gasteiger partial charge in [-0.1, -0.05) is 29.8 Å². The molecule has 3 N–H and O–H groups in total. The fraction of sp³-hybridized carbons (Fsp3) is 0.500. The Labute approximate surface area is 205 Å². The van der Waals surface area contributed by atoms with Gasteiger partial charge in [-0.2, -0.15) is 11.3 Å². The van der Waals surface area contributed by atoms with Crippen LogP contribution in [0.15, 0.2) is 46.1 Å². The highest BCUT2D eigenvalue weighted by atomic mass is 127. The van der Waals surface area contributed by atoms with Gasteiger partial charge in [0.25, 0.3) is 0 Å². The van der Waals surface area contributed by atoms with Gasteiger partial charge in [-0.05, 0) is 60.7 Å². The first kappa shape index (κ1) is 25.4. The number of benzene rings is 1. The van der Waals surface area contributed by atoms with Gasteiger partial charge in [-0.3, -0.25) is 0 Å². The molecular formula is C22H31ClIN3O2S. The monoisotopic (exact) mass is 563 g/mol. The molecule has 1 aliphatic heterocycles. The molecule has 1 unspecified atom stereocenters. The number of halogens is 2. The lowest BCUT2D eigenvalue weighted by atomic mass is 9.74. The van der Waals surface area contributed by atoms with Crippen molar-refractivity contribution in [3.63, 3.8) is 0 Å². The highest BCUT2D eigenvalue weighted by Gasteiger charge is 2.36. The number of aliphatic hydroxyl groups is 1. The van der Waals surface area contributed by atoms with Crippen molar-refractivity contribution in [1.29, 1.82) is 0 Å². The second kappa shape index (κ2) is 11.7. The number of thiophene rings is 1. The van der Waals surface area contributed by atoms with Gasteiger partial charge in [0.05, 0.1) is 6.54 Å². The Morgan fingerprint density at radius 1 is 1.27 bits per heavy atom. The molecule has 166 valence electrons. The van der Waals surface area contributed by atoms with E-state index >= 15 is 0 Å². The van der Waals surface area contributed by atoms with E-state index in [1.54, 1.807) is 18.3 Å². The van der Waals surface area contributed by atoms with E-state index in [9.17, 15) is 5.11 Å². The van der Waals surface area contributed by atoms with Crippen molar-refractivity contribution in [3.8, 4) is 0 Å². The minimum Gasteiger partial charge on any atom is -0.383 e. The van der Waals surface area contributed by atoms with E-state index in [1.807, 2.05) is 41.9 Å². The Kier molecular flexibility index (Phi) is 9.87. The Bertz CT molecular complexity index is 808. The average Bonchev–Trinajstić information content (AvgIpc) is 3.27. The molecule has 1 aromatic heterocycles. The van der Waals surface area contributed by atoms with Crippen LogP contribution in [0.2, 0.25) is 5.02 Å².